The van der Waals surface area contributed by atoms with E-state index in [1.165, 1.54) is 16.4 Å². The smallest absolute Gasteiger partial charge is 0.233 e. The normalized spacial score (nSPS) is 18.5. The Morgan fingerprint density at radius 1 is 1.30 bits per heavy atom. The molecule has 1 saturated heterocycles. The number of carbonyl (C=O) groups excluding carboxylic acids is 1. The minimum Gasteiger partial charge on any atom is -0.355 e. The summed E-state index contributed by atoms with van der Waals surface area (Å²) in [6, 6.07) is 5.08. The van der Waals surface area contributed by atoms with E-state index in [-0.39, 0.29) is 11.2 Å². The third-order valence-electron chi connectivity index (χ3n) is 3.57. The number of rotatable bonds is 3. The topological polar surface area (TPSA) is 85.8 Å². The molecule has 1 aliphatic rings. The van der Waals surface area contributed by atoms with Crippen LogP contribution in [0.3, 0.4) is 0 Å². The van der Waals surface area contributed by atoms with E-state index < -0.39 is 0 Å². The van der Waals surface area contributed by atoms with Gasteiger partial charge in [0, 0.05) is 17.1 Å². The average Bonchev–Trinajstić information content (AvgIpc) is 2.73. The maximum atomic E-state index is 12.0. The van der Waals surface area contributed by atoms with Gasteiger partial charge >= 0.3 is 0 Å². The van der Waals surface area contributed by atoms with Gasteiger partial charge in [0.15, 0.2) is 5.82 Å². The number of thioether (sulfide) groups is 1. The summed E-state index contributed by atoms with van der Waals surface area (Å²) in [5.41, 5.74) is 0.642. The van der Waals surface area contributed by atoms with Crippen LogP contribution in [-0.4, -0.2) is 32.6 Å². The van der Waals surface area contributed by atoms with E-state index in [1.54, 1.807) is 18.2 Å². The second kappa shape index (κ2) is 6.98. The molecular weight excluding hydrogens is 357 g/mol. The van der Waals surface area contributed by atoms with Gasteiger partial charge in [-0.1, -0.05) is 41.4 Å². The Balaban J connectivity index is 1.85. The lowest BCUT2D eigenvalue weighted by Gasteiger charge is -2.12. The Morgan fingerprint density at radius 2 is 2.13 bits per heavy atom. The molecule has 1 unspecified atom stereocenters. The highest BCUT2D eigenvalue weighted by Gasteiger charge is 2.25. The molecule has 23 heavy (non-hydrogen) atoms. The maximum absolute atomic E-state index is 12.0. The molecule has 1 fully saturated rings. The number of hydrogen-bond acceptors (Lipinski definition) is 5. The third-order valence-corrected chi connectivity index (χ3v) is 5.34. The van der Waals surface area contributed by atoms with E-state index in [2.05, 4.69) is 15.5 Å². The van der Waals surface area contributed by atoms with Crippen molar-refractivity contribution in [3.8, 4) is 11.4 Å². The second-order valence-corrected chi connectivity index (χ2v) is 7.21. The van der Waals surface area contributed by atoms with Gasteiger partial charge in [-0.2, -0.15) is 0 Å². The first kappa shape index (κ1) is 16.4. The summed E-state index contributed by atoms with van der Waals surface area (Å²) in [6.07, 6.45) is 2.77. The van der Waals surface area contributed by atoms with E-state index in [4.69, 9.17) is 29.0 Å². The zero-order valence-corrected chi connectivity index (χ0v) is 14.5. The molecule has 122 valence electrons. The van der Waals surface area contributed by atoms with Gasteiger partial charge in [-0.15, -0.1) is 10.2 Å². The third kappa shape index (κ3) is 3.57. The van der Waals surface area contributed by atoms with Crippen molar-refractivity contribution >= 4 is 40.9 Å². The van der Waals surface area contributed by atoms with Crippen molar-refractivity contribution in [2.45, 2.75) is 29.7 Å². The molecular formula is C14H15Cl2N5OS. The molecule has 1 atom stereocenters. The van der Waals surface area contributed by atoms with Gasteiger partial charge in [-0.3, -0.25) is 4.79 Å². The largest absolute Gasteiger partial charge is 0.355 e. The monoisotopic (exact) mass is 371 g/mol. The van der Waals surface area contributed by atoms with Gasteiger partial charge in [0.2, 0.25) is 11.1 Å². The number of aromatic nitrogens is 3. The number of hydrogen-bond donors (Lipinski definition) is 2. The lowest BCUT2D eigenvalue weighted by molar-refractivity contribution is -0.120. The predicted molar refractivity (Wildman–Crippen MR) is 92.1 cm³/mol. The van der Waals surface area contributed by atoms with Crippen LogP contribution in [0.4, 0.5) is 0 Å². The van der Waals surface area contributed by atoms with E-state index >= 15 is 0 Å². The first-order chi connectivity index (χ1) is 11.1. The second-order valence-electron chi connectivity index (χ2n) is 5.19. The van der Waals surface area contributed by atoms with Crippen LogP contribution in [0.15, 0.2) is 23.4 Å². The Hall–Kier alpha value is -1.44. The van der Waals surface area contributed by atoms with Gasteiger partial charge in [-0.25, -0.2) is 4.68 Å². The summed E-state index contributed by atoms with van der Waals surface area (Å²) >= 11 is 13.4. The molecule has 0 radical (unpaired) electrons. The average molecular weight is 372 g/mol. The molecule has 0 spiro atoms. The Labute approximate surface area is 147 Å². The molecule has 1 amide bonds. The Kier molecular flexibility index (Phi) is 4.99. The fourth-order valence-corrected chi connectivity index (χ4v) is 3.87. The number of nitrogen functional groups attached to an aromatic ring is 1. The Morgan fingerprint density at radius 3 is 2.91 bits per heavy atom. The minimum atomic E-state index is -0.211. The molecule has 1 aromatic carbocycles. The van der Waals surface area contributed by atoms with Crippen LogP contribution >= 0.6 is 35.0 Å². The van der Waals surface area contributed by atoms with E-state index in [9.17, 15) is 4.79 Å². The highest BCUT2D eigenvalue weighted by molar-refractivity contribution is 8.00. The fraction of sp³-hybridized carbons (Fsp3) is 0.357. The zero-order valence-electron chi connectivity index (χ0n) is 12.1. The van der Waals surface area contributed by atoms with Crippen molar-refractivity contribution in [3.63, 3.8) is 0 Å². The van der Waals surface area contributed by atoms with Crippen LogP contribution in [0, 0.1) is 0 Å². The van der Waals surface area contributed by atoms with Crippen molar-refractivity contribution < 1.29 is 4.79 Å². The molecule has 0 bridgehead atoms. The first-order valence-corrected chi connectivity index (χ1v) is 8.80. The number of benzene rings is 1. The van der Waals surface area contributed by atoms with Gasteiger partial charge < -0.3 is 11.2 Å². The summed E-state index contributed by atoms with van der Waals surface area (Å²) in [5, 5.41) is 12.3. The number of nitrogens with zero attached hydrogens (tertiary/aromatic N) is 3. The van der Waals surface area contributed by atoms with Gasteiger partial charge in [0.25, 0.3) is 0 Å². The molecule has 2 heterocycles. The molecule has 3 rings (SSSR count). The van der Waals surface area contributed by atoms with Gasteiger partial charge in [0.1, 0.15) is 0 Å². The van der Waals surface area contributed by atoms with Crippen molar-refractivity contribution in [2.75, 3.05) is 12.4 Å². The molecule has 1 aromatic heterocycles. The minimum absolute atomic E-state index is 0.0153. The van der Waals surface area contributed by atoms with Crippen LogP contribution in [0.1, 0.15) is 19.3 Å². The lowest BCUT2D eigenvalue weighted by atomic mass is 10.2. The molecule has 2 aromatic rings. The van der Waals surface area contributed by atoms with E-state index in [1.807, 2.05) is 0 Å². The highest BCUT2D eigenvalue weighted by atomic mass is 35.5. The SMILES string of the molecule is Nn1c(SC2CCCCNC2=O)nnc1-c1ccc(Cl)cc1Cl. The summed E-state index contributed by atoms with van der Waals surface area (Å²) in [7, 11) is 0. The van der Waals surface area contributed by atoms with Crippen molar-refractivity contribution in [1.29, 1.82) is 0 Å². The molecule has 0 saturated carbocycles. The van der Waals surface area contributed by atoms with Crippen molar-refractivity contribution in [3.05, 3.63) is 28.2 Å². The summed E-state index contributed by atoms with van der Waals surface area (Å²) in [6.45, 7) is 0.719. The quantitative estimate of drug-likeness (QED) is 0.810. The molecule has 1 aliphatic heterocycles. The molecule has 9 heteroatoms. The van der Waals surface area contributed by atoms with Crippen LogP contribution < -0.4 is 11.2 Å². The van der Waals surface area contributed by atoms with Crippen molar-refractivity contribution in [1.82, 2.24) is 20.2 Å². The van der Waals surface area contributed by atoms with Gasteiger partial charge in [0.05, 0.1) is 10.3 Å². The summed E-state index contributed by atoms with van der Waals surface area (Å²) in [4.78, 5) is 12.0. The summed E-state index contributed by atoms with van der Waals surface area (Å²) < 4.78 is 1.36. The Bertz CT molecular complexity index is 736. The zero-order chi connectivity index (χ0) is 16.4. The molecule has 6 nitrogen and oxygen atoms in total. The van der Waals surface area contributed by atoms with Gasteiger partial charge in [-0.05, 0) is 31.0 Å². The number of halogens is 2. The predicted octanol–water partition coefficient (Wildman–Crippen LogP) is 2.73. The highest BCUT2D eigenvalue weighted by Crippen LogP contribution is 2.32. The lowest BCUT2D eigenvalue weighted by Crippen LogP contribution is -2.31. The number of nitrogens with one attached hydrogen (secondary N) is 1. The van der Waals surface area contributed by atoms with E-state index in [0.29, 0.717) is 26.6 Å². The molecule has 3 N–H and O–H groups in total. The molecule has 0 aliphatic carbocycles. The number of carbonyl (C=O) groups is 1. The number of amides is 1. The van der Waals surface area contributed by atoms with Crippen LogP contribution in [0.25, 0.3) is 11.4 Å². The van der Waals surface area contributed by atoms with Crippen molar-refractivity contribution in [2.24, 2.45) is 0 Å². The summed E-state index contributed by atoms with van der Waals surface area (Å²) in [5.74, 6) is 6.54. The van der Waals surface area contributed by atoms with Crippen LogP contribution in [-0.2, 0) is 4.79 Å². The van der Waals surface area contributed by atoms with Crippen LogP contribution in [0.5, 0.6) is 0 Å². The standard InChI is InChI=1S/C14H15Cl2N5OS/c15-8-4-5-9(10(16)7-8)12-19-20-14(21(12)17)23-11-3-1-2-6-18-13(11)22/h4-5,7,11H,1-3,6,17H2,(H,18,22). The van der Waals surface area contributed by atoms with E-state index in [0.717, 1.165) is 25.8 Å². The fourth-order valence-electron chi connectivity index (χ4n) is 2.36. The first-order valence-electron chi connectivity index (χ1n) is 7.16. The number of nitrogens with two attached hydrogens (primary N) is 1. The van der Waals surface area contributed by atoms with Crippen LogP contribution in [0.2, 0.25) is 10.0 Å². The maximum Gasteiger partial charge on any atom is 0.233 e.